The lowest BCUT2D eigenvalue weighted by molar-refractivity contribution is -0.136. The monoisotopic (exact) mass is 198 g/mol. The molecule has 0 unspecified atom stereocenters. The van der Waals surface area contributed by atoms with Gasteiger partial charge in [-0.15, -0.1) is 0 Å². The number of benzene rings is 1. The average molecular weight is 198 g/mol. The van der Waals surface area contributed by atoms with E-state index in [2.05, 4.69) is 0 Å². The van der Waals surface area contributed by atoms with Gasteiger partial charge in [-0.3, -0.25) is 4.79 Å². The van der Waals surface area contributed by atoms with Gasteiger partial charge >= 0.3 is 13.1 Å². The molecule has 0 radical (unpaired) electrons. The largest absolute Gasteiger partial charge is 0.491 e. The van der Waals surface area contributed by atoms with Crippen LogP contribution in [0.1, 0.15) is 5.56 Å². The molecule has 0 amide bonds. The molecule has 3 N–H and O–H groups in total. The van der Waals surface area contributed by atoms with E-state index < -0.39 is 18.9 Å². The zero-order chi connectivity index (χ0) is 10.7. The van der Waals surface area contributed by atoms with Crippen LogP contribution in [0.2, 0.25) is 0 Å². The SMILES string of the molecule is O=C(O)Cc1ccc(B(O)O)c(F)c1. The summed E-state index contributed by atoms with van der Waals surface area (Å²) in [5.41, 5.74) is 0.0125. The molecule has 0 aliphatic carbocycles. The molecule has 0 bridgehead atoms. The van der Waals surface area contributed by atoms with Crippen LogP contribution in [0.3, 0.4) is 0 Å². The first-order valence-electron chi connectivity index (χ1n) is 3.87. The van der Waals surface area contributed by atoms with Crippen LogP contribution < -0.4 is 5.46 Å². The van der Waals surface area contributed by atoms with Crippen molar-refractivity contribution >= 4 is 18.6 Å². The molecule has 0 saturated carbocycles. The van der Waals surface area contributed by atoms with E-state index in [1.54, 1.807) is 0 Å². The summed E-state index contributed by atoms with van der Waals surface area (Å²) in [4.78, 5) is 10.3. The Morgan fingerprint density at radius 1 is 1.43 bits per heavy atom. The number of carbonyl (C=O) groups is 1. The summed E-state index contributed by atoms with van der Waals surface area (Å²) in [6, 6.07) is 3.47. The molecule has 6 heteroatoms. The van der Waals surface area contributed by atoms with Gasteiger partial charge in [0.2, 0.25) is 0 Å². The van der Waals surface area contributed by atoms with E-state index in [4.69, 9.17) is 15.2 Å². The first-order valence-corrected chi connectivity index (χ1v) is 3.87. The van der Waals surface area contributed by atoms with Gasteiger partial charge in [-0.05, 0) is 11.6 Å². The predicted molar refractivity (Wildman–Crippen MR) is 47.6 cm³/mol. The maximum Gasteiger partial charge on any atom is 0.491 e. The Labute approximate surface area is 79.8 Å². The lowest BCUT2D eigenvalue weighted by Crippen LogP contribution is -2.32. The van der Waals surface area contributed by atoms with Gasteiger partial charge in [0.1, 0.15) is 5.82 Å². The van der Waals surface area contributed by atoms with Crippen LogP contribution in [-0.2, 0) is 11.2 Å². The molecule has 0 atom stereocenters. The molecule has 0 spiro atoms. The van der Waals surface area contributed by atoms with E-state index in [1.807, 2.05) is 0 Å². The van der Waals surface area contributed by atoms with Gasteiger partial charge in [-0.25, -0.2) is 4.39 Å². The Hall–Kier alpha value is -1.40. The summed E-state index contributed by atoms with van der Waals surface area (Å²) in [7, 11) is -1.88. The van der Waals surface area contributed by atoms with Crippen molar-refractivity contribution in [1.82, 2.24) is 0 Å². The molecule has 1 aromatic carbocycles. The third-order valence-corrected chi connectivity index (χ3v) is 1.70. The standard InChI is InChI=1S/C8H8BFO4/c10-7-3-5(4-8(11)12)1-2-6(7)9(13)14/h1-3,13-14H,4H2,(H,11,12). The number of carboxylic acid groups (broad SMARTS) is 1. The van der Waals surface area contributed by atoms with E-state index in [9.17, 15) is 9.18 Å². The van der Waals surface area contributed by atoms with Crippen molar-refractivity contribution in [2.24, 2.45) is 0 Å². The Morgan fingerprint density at radius 2 is 2.07 bits per heavy atom. The molecule has 0 saturated heterocycles. The van der Waals surface area contributed by atoms with E-state index in [-0.39, 0.29) is 17.4 Å². The second-order valence-electron chi connectivity index (χ2n) is 2.80. The van der Waals surface area contributed by atoms with Gasteiger partial charge < -0.3 is 15.2 Å². The summed E-state index contributed by atoms with van der Waals surface area (Å²) in [5.74, 6) is -1.89. The molecular weight excluding hydrogens is 190 g/mol. The Morgan fingerprint density at radius 3 is 2.50 bits per heavy atom. The Balaban J connectivity index is 2.94. The maximum absolute atomic E-state index is 13.0. The molecule has 0 fully saturated rings. The number of aliphatic carboxylic acids is 1. The lowest BCUT2D eigenvalue weighted by atomic mass is 9.79. The molecule has 74 valence electrons. The topological polar surface area (TPSA) is 77.8 Å². The van der Waals surface area contributed by atoms with E-state index in [1.165, 1.54) is 6.07 Å². The highest BCUT2D eigenvalue weighted by Crippen LogP contribution is 2.03. The second kappa shape index (κ2) is 4.21. The molecule has 4 nitrogen and oxygen atoms in total. The number of hydrogen-bond acceptors (Lipinski definition) is 3. The highest BCUT2D eigenvalue weighted by molar-refractivity contribution is 6.58. The fourth-order valence-corrected chi connectivity index (χ4v) is 1.06. The van der Waals surface area contributed by atoms with Crippen molar-refractivity contribution in [2.45, 2.75) is 6.42 Å². The Kier molecular flexibility index (Phi) is 3.21. The molecule has 1 rings (SSSR count). The summed E-state index contributed by atoms with van der Waals surface area (Å²) < 4.78 is 13.0. The van der Waals surface area contributed by atoms with E-state index in [0.717, 1.165) is 12.1 Å². The van der Waals surface area contributed by atoms with Crippen molar-refractivity contribution in [3.63, 3.8) is 0 Å². The number of halogens is 1. The minimum absolute atomic E-state index is 0.265. The smallest absolute Gasteiger partial charge is 0.481 e. The zero-order valence-electron chi connectivity index (χ0n) is 7.14. The van der Waals surface area contributed by atoms with Gasteiger partial charge in [0.15, 0.2) is 0 Å². The van der Waals surface area contributed by atoms with Crippen LogP contribution in [0.15, 0.2) is 18.2 Å². The Bertz CT molecular complexity index is 353. The molecule has 14 heavy (non-hydrogen) atoms. The summed E-state index contributed by atoms with van der Waals surface area (Å²) >= 11 is 0. The lowest BCUT2D eigenvalue weighted by Gasteiger charge is -2.03. The van der Waals surface area contributed by atoms with Crippen LogP contribution in [0.4, 0.5) is 4.39 Å². The highest BCUT2D eigenvalue weighted by Gasteiger charge is 2.16. The fraction of sp³-hybridized carbons (Fsp3) is 0.125. The normalized spacial score (nSPS) is 9.93. The van der Waals surface area contributed by atoms with Crippen molar-refractivity contribution in [3.8, 4) is 0 Å². The third kappa shape index (κ3) is 2.55. The van der Waals surface area contributed by atoms with Crippen LogP contribution >= 0.6 is 0 Å². The van der Waals surface area contributed by atoms with Crippen molar-refractivity contribution in [1.29, 1.82) is 0 Å². The summed E-state index contributed by atoms with van der Waals surface area (Å²) in [6.07, 6.45) is -0.293. The number of rotatable bonds is 3. The minimum atomic E-state index is -1.88. The van der Waals surface area contributed by atoms with Crippen LogP contribution in [-0.4, -0.2) is 28.2 Å². The van der Waals surface area contributed by atoms with Gasteiger partial charge in [0, 0.05) is 5.46 Å². The molecule has 0 aliphatic rings. The molecule has 0 aromatic heterocycles. The van der Waals surface area contributed by atoms with Crippen LogP contribution in [0.5, 0.6) is 0 Å². The van der Waals surface area contributed by atoms with Gasteiger partial charge in [0.25, 0.3) is 0 Å². The molecule has 0 aliphatic heterocycles. The maximum atomic E-state index is 13.0. The second-order valence-corrected chi connectivity index (χ2v) is 2.80. The number of hydrogen-bond donors (Lipinski definition) is 3. The van der Waals surface area contributed by atoms with Crippen molar-refractivity contribution in [3.05, 3.63) is 29.6 Å². The van der Waals surface area contributed by atoms with Gasteiger partial charge in [-0.2, -0.15) is 0 Å². The first-order chi connectivity index (χ1) is 6.50. The number of carboxylic acids is 1. The fourth-order valence-electron chi connectivity index (χ4n) is 1.06. The highest BCUT2D eigenvalue weighted by atomic mass is 19.1. The van der Waals surface area contributed by atoms with Crippen molar-refractivity contribution < 1.29 is 24.3 Å². The summed E-state index contributed by atoms with van der Waals surface area (Å²) in [6.45, 7) is 0. The van der Waals surface area contributed by atoms with E-state index in [0.29, 0.717) is 0 Å². The third-order valence-electron chi connectivity index (χ3n) is 1.70. The van der Waals surface area contributed by atoms with Gasteiger partial charge in [-0.1, -0.05) is 12.1 Å². The molecule has 1 aromatic rings. The van der Waals surface area contributed by atoms with Crippen molar-refractivity contribution in [2.75, 3.05) is 0 Å². The first kappa shape index (κ1) is 10.7. The zero-order valence-corrected chi connectivity index (χ0v) is 7.14. The quantitative estimate of drug-likeness (QED) is 0.551. The van der Waals surface area contributed by atoms with Gasteiger partial charge in [0.05, 0.1) is 6.42 Å². The summed E-state index contributed by atoms with van der Waals surface area (Å²) in [5, 5.41) is 25.8. The minimum Gasteiger partial charge on any atom is -0.481 e. The average Bonchev–Trinajstić information content (AvgIpc) is 2.01. The van der Waals surface area contributed by atoms with Crippen LogP contribution in [0, 0.1) is 5.82 Å². The molecule has 0 heterocycles. The van der Waals surface area contributed by atoms with E-state index >= 15 is 0 Å². The van der Waals surface area contributed by atoms with Crippen LogP contribution in [0.25, 0.3) is 0 Å². The molecular formula is C8H8BFO4. The predicted octanol–water partition coefficient (Wildman–Crippen LogP) is -0.867.